The molecular formula is C29H36N4O3S2. The van der Waals surface area contributed by atoms with Crippen LogP contribution in [0, 0.1) is 5.92 Å². The number of likely N-dealkylation sites (tertiary alicyclic amines) is 1. The molecular weight excluding hydrogens is 516 g/mol. The van der Waals surface area contributed by atoms with E-state index in [-0.39, 0.29) is 29.0 Å². The second-order valence-electron chi connectivity index (χ2n) is 11.2. The number of ether oxygens (including phenoxy) is 1. The van der Waals surface area contributed by atoms with E-state index in [9.17, 15) is 9.59 Å². The third kappa shape index (κ3) is 5.23. The highest BCUT2D eigenvalue weighted by Gasteiger charge is 2.40. The predicted molar refractivity (Wildman–Crippen MR) is 155 cm³/mol. The minimum Gasteiger partial charge on any atom is -0.497 e. The maximum Gasteiger partial charge on any atom is 0.242 e. The molecule has 3 aromatic rings. The number of methoxy groups -OCH3 is 1. The first-order valence-electron chi connectivity index (χ1n) is 13.2. The van der Waals surface area contributed by atoms with Gasteiger partial charge in [0.25, 0.3) is 0 Å². The zero-order valence-corrected chi connectivity index (χ0v) is 24.4. The number of fused-ring (bicyclic) bond motifs is 1. The van der Waals surface area contributed by atoms with Crippen LogP contribution >= 0.6 is 23.1 Å². The van der Waals surface area contributed by atoms with Crippen LogP contribution in [-0.2, 0) is 15.0 Å². The molecule has 0 radical (unpaired) electrons. The van der Waals surface area contributed by atoms with Gasteiger partial charge in [-0.1, -0.05) is 33.8 Å². The monoisotopic (exact) mass is 552 g/mol. The fourth-order valence-corrected chi connectivity index (χ4v) is 7.31. The summed E-state index contributed by atoms with van der Waals surface area (Å²) in [6.07, 6.45) is 2.00. The van der Waals surface area contributed by atoms with Crippen molar-refractivity contribution in [3.05, 3.63) is 57.9 Å². The number of thiophene rings is 1. The average molecular weight is 553 g/mol. The van der Waals surface area contributed by atoms with Gasteiger partial charge < -0.3 is 9.64 Å². The van der Waals surface area contributed by atoms with Crippen LogP contribution in [0.3, 0.4) is 0 Å². The number of anilines is 1. The number of benzene rings is 1. The van der Waals surface area contributed by atoms with Gasteiger partial charge in [0, 0.05) is 28.9 Å². The van der Waals surface area contributed by atoms with E-state index in [2.05, 4.69) is 45.2 Å². The van der Waals surface area contributed by atoms with Crippen LogP contribution in [0.1, 0.15) is 61.9 Å². The van der Waals surface area contributed by atoms with E-state index < -0.39 is 0 Å². The van der Waals surface area contributed by atoms with Gasteiger partial charge in [0.05, 0.1) is 29.5 Å². The molecule has 2 aliphatic rings. The molecule has 4 heterocycles. The molecule has 7 nitrogen and oxygen atoms in total. The minimum atomic E-state index is -0.274. The third-order valence-corrected chi connectivity index (χ3v) is 9.67. The highest BCUT2D eigenvalue weighted by molar-refractivity contribution is 8.00. The molecule has 1 fully saturated rings. The topological polar surface area (TPSA) is 67.7 Å². The summed E-state index contributed by atoms with van der Waals surface area (Å²) in [7, 11) is 1.64. The summed E-state index contributed by atoms with van der Waals surface area (Å²) >= 11 is 3.32. The van der Waals surface area contributed by atoms with E-state index in [0.717, 1.165) is 48.6 Å². The summed E-state index contributed by atoms with van der Waals surface area (Å²) in [5.74, 6) is 2.30. The van der Waals surface area contributed by atoms with Crippen molar-refractivity contribution in [2.24, 2.45) is 5.92 Å². The first-order chi connectivity index (χ1) is 18.2. The van der Waals surface area contributed by atoms with Crippen molar-refractivity contribution in [3.63, 3.8) is 0 Å². The number of carbonyl (C=O) groups is 2. The lowest BCUT2D eigenvalue weighted by atomic mass is 9.88. The van der Waals surface area contributed by atoms with Gasteiger partial charge in [-0.05, 0) is 54.5 Å². The molecule has 0 N–H and O–H groups in total. The highest BCUT2D eigenvalue weighted by Crippen LogP contribution is 2.49. The lowest BCUT2D eigenvalue weighted by Gasteiger charge is -2.32. The van der Waals surface area contributed by atoms with Crippen molar-refractivity contribution in [2.75, 3.05) is 37.4 Å². The van der Waals surface area contributed by atoms with Crippen LogP contribution in [0.2, 0.25) is 0 Å². The van der Waals surface area contributed by atoms with E-state index in [1.807, 2.05) is 33.8 Å². The number of piperidine rings is 1. The van der Waals surface area contributed by atoms with Crippen molar-refractivity contribution in [1.29, 1.82) is 0 Å². The quantitative estimate of drug-likeness (QED) is 0.408. The Labute approximate surface area is 233 Å². The number of carbonyl (C=O) groups excluding carboxylic acids is 2. The van der Waals surface area contributed by atoms with Gasteiger partial charge in [0.15, 0.2) is 0 Å². The summed E-state index contributed by atoms with van der Waals surface area (Å²) in [5.41, 5.74) is 2.51. The Hall–Kier alpha value is -2.78. The van der Waals surface area contributed by atoms with E-state index in [0.29, 0.717) is 17.5 Å². The fraction of sp³-hybridized carbons (Fsp3) is 0.483. The zero-order valence-electron chi connectivity index (χ0n) is 22.8. The minimum absolute atomic E-state index is 0.00411. The molecule has 2 aromatic heterocycles. The summed E-state index contributed by atoms with van der Waals surface area (Å²) in [5, 5.41) is 7.18. The van der Waals surface area contributed by atoms with Crippen molar-refractivity contribution in [2.45, 2.75) is 51.2 Å². The van der Waals surface area contributed by atoms with Gasteiger partial charge in [-0.25, -0.2) is 4.68 Å². The van der Waals surface area contributed by atoms with Gasteiger partial charge in [-0.2, -0.15) is 5.10 Å². The molecule has 202 valence electrons. The fourth-order valence-electron chi connectivity index (χ4n) is 5.13. The van der Waals surface area contributed by atoms with Gasteiger partial charge in [0.1, 0.15) is 18.1 Å². The molecule has 5 rings (SSSR count). The molecule has 1 aromatic carbocycles. The van der Waals surface area contributed by atoms with Crippen LogP contribution in [-0.4, -0.2) is 59.0 Å². The first-order valence-corrected chi connectivity index (χ1v) is 15.1. The van der Waals surface area contributed by atoms with Crippen molar-refractivity contribution in [3.8, 4) is 11.4 Å². The lowest BCUT2D eigenvalue weighted by molar-refractivity contribution is -0.132. The molecule has 0 spiro atoms. The molecule has 2 aliphatic heterocycles. The molecule has 2 amide bonds. The molecule has 1 saturated heterocycles. The molecule has 1 unspecified atom stereocenters. The Morgan fingerprint density at radius 3 is 2.45 bits per heavy atom. The Morgan fingerprint density at radius 2 is 1.84 bits per heavy atom. The lowest BCUT2D eigenvalue weighted by Crippen LogP contribution is -2.46. The summed E-state index contributed by atoms with van der Waals surface area (Å²) < 4.78 is 7.25. The Morgan fingerprint density at radius 1 is 1.13 bits per heavy atom. The molecule has 0 aliphatic carbocycles. The maximum absolute atomic E-state index is 13.8. The van der Waals surface area contributed by atoms with Gasteiger partial charge in [-0.3, -0.25) is 14.5 Å². The smallest absolute Gasteiger partial charge is 0.242 e. The number of hydrogen-bond acceptors (Lipinski definition) is 6. The predicted octanol–water partition coefficient (Wildman–Crippen LogP) is 5.67. The van der Waals surface area contributed by atoms with Crippen molar-refractivity contribution < 1.29 is 14.3 Å². The SMILES string of the molecule is COc1ccc(-n2nc(C(C)(C)C)c3c2N(CC(=O)N2CCC(C)CC2)C(=O)CSC3c2cccs2)cc1. The average Bonchev–Trinajstić information content (AvgIpc) is 3.54. The summed E-state index contributed by atoms with van der Waals surface area (Å²) in [4.78, 5) is 32.1. The van der Waals surface area contributed by atoms with Crippen molar-refractivity contribution in [1.82, 2.24) is 14.7 Å². The number of rotatable bonds is 5. The van der Waals surface area contributed by atoms with E-state index in [1.165, 1.54) is 4.88 Å². The van der Waals surface area contributed by atoms with Crippen LogP contribution in [0.15, 0.2) is 41.8 Å². The van der Waals surface area contributed by atoms with Crippen LogP contribution in [0.5, 0.6) is 5.75 Å². The first kappa shape index (κ1) is 26.8. The number of thioether (sulfide) groups is 1. The standard InChI is InChI=1S/C29H36N4O3S2/c1-19-12-14-31(15-13-19)23(34)17-32-24(35)18-38-26(22-7-6-16-37-22)25-27(29(2,3)4)30-33(28(25)32)20-8-10-21(36-5)11-9-20/h6-11,16,19,26H,12-15,17-18H2,1-5H3. The normalized spacial score (nSPS) is 18.9. The van der Waals surface area contributed by atoms with Crippen molar-refractivity contribution >= 4 is 40.7 Å². The van der Waals surface area contributed by atoms with Gasteiger partial charge >= 0.3 is 0 Å². The molecule has 0 bridgehead atoms. The number of hydrogen-bond donors (Lipinski definition) is 0. The van der Waals surface area contributed by atoms with E-state index in [1.54, 1.807) is 35.1 Å². The maximum atomic E-state index is 13.8. The van der Waals surface area contributed by atoms with E-state index in [4.69, 9.17) is 9.84 Å². The van der Waals surface area contributed by atoms with Gasteiger partial charge in [-0.15, -0.1) is 23.1 Å². The number of nitrogens with zero attached hydrogens (tertiary/aromatic N) is 4. The second-order valence-corrected chi connectivity index (χ2v) is 13.3. The highest BCUT2D eigenvalue weighted by atomic mass is 32.2. The third-order valence-electron chi connectivity index (χ3n) is 7.35. The second kappa shape index (κ2) is 10.8. The molecule has 0 saturated carbocycles. The number of aromatic nitrogens is 2. The Bertz CT molecular complexity index is 1290. The zero-order chi connectivity index (χ0) is 27.0. The summed E-state index contributed by atoms with van der Waals surface area (Å²) in [6, 6.07) is 11.9. The largest absolute Gasteiger partial charge is 0.497 e. The van der Waals surface area contributed by atoms with Gasteiger partial charge in [0.2, 0.25) is 11.8 Å². The van der Waals surface area contributed by atoms with Crippen LogP contribution in [0.4, 0.5) is 5.82 Å². The Kier molecular flexibility index (Phi) is 7.60. The molecule has 9 heteroatoms. The van der Waals surface area contributed by atoms with Crippen LogP contribution < -0.4 is 9.64 Å². The molecule has 38 heavy (non-hydrogen) atoms. The van der Waals surface area contributed by atoms with Crippen LogP contribution in [0.25, 0.3) is 5.69 Å². The van der Waals surface area contributed by atoms with E-state index >= 15 is 0 Å². The Balaban J connectivity index is 1.67. The number of amides is 2. The summed E-state index contributed by atoms with van der Waals surface area (Å²) in [6.45, 7) is 10.2. The molecule has 1 atom stereocenters.